The molecule has 0 heterocycles. The fraction of sp³-hybridized carbons (Fsp3) is 0. The zero-order chi connectivity index (χ0) is 13.6. The van der Waals surface area contributed by atoms with E-state index in [1.165, 1.54) is 6.07 Å². The first-order valence-corrected chi connectivity index (χ1v) is 6.23. The van der Waals surface area contributed by atoms with Gasteiger partial charge >= 0.3 is 0 Å². The summed E-state index contributed by atoms with van der Waals surface area (Å²) in [6, 6.07) is 10.5. The minimum absolute atomic E-state index is 0.0484. The monoisotopic (exact) mass is 318 g/mol. The summed E-state index contributed by atoms with van der Waals surface area (Å²) in [6.45, 7) is 0. The van der Waals surface area contributed by atoms with E-state index in [1.54, 1.807) is 6.07 Å². The van der Waals surface area contributed by atoms with Crippen LogP contribution in [-0.2, 0) is 0 Å². The average Bonchev–Trinajstić information content (AvgIpc) is 2.70. The van der Waals surface area contributed by atoms with Gasteiger partial charge in [-0.1, -0.05) is 29.4 Å². The van der Waals surface area contributed by atoms with Crippen molar-refractivity contribution in [3.8, 4) is 11.1 Å². The smallest absolute Gasteiger partial charge is 0.284 e. The predicted octanol–water partition coefficient (Wildman–Crippen LogP) is 3.56. The van der Waals surface area contributed by atoms with E-state index in [1.807, 2.05) is 24.3 Å². The predicted molar refractivity (Wildman–Crippen MR) is 73.7 cm³/mol. The quantitative estimate of drug-likeness (QED) is 0.423. The maximum atomic E-state index is 11.0. The number of hydrogen-bond acceptors (Lipinski definition) is 4. The molecule has 2 aromatic rings. The van der Waals surface area contributed by atoms with Gasteiger partial charge in [-0.3, -0.25) is 10.1 Å². The summed E-state index contributed by atoms with van der Waals surface area (Å²) < 4.78 is 0.408. The van der Waals surface area contributed by atoms with E-state index in [0.29, 0.717) is 15.7 Å². The summed E-state index contributed by atoms with van der Waals surface area (Å²) in [5.74, 6) is 0. The van der Waals surface area contributed by atoms with Crippen LogP contribution in [0.25, 0.3) is 11.1 Å². The van der Waals surface area contributed by atoms with Crippen molar-refractivity contribution >= 4 is 27.3 Å². The zero-order valence-electron chi connectivity index (χ0n) is 9.50. The van der Waals surface area contributed by atoms with Crippen LogP contribution in [0.2, 0.25) is 0 Å². The molecular weight excluding hydrogens is 312 g/mol. The molecule has 0 aliphatic heterocycles. The Kier molecular flexibility index (Phi) is 2.60. The van der Waals surface area contributed by atoms with Crippen LogP contribution >= 0.6 is 15.9 Å². The number of nitrogens with zero attached hydrogens (tertiary/aromatic N) is 2. The van der Waals surface area contributed by atoms with Gasteiger partial charge in [-0.25, -0.2) is 0 Å². The Hall–Kier alpha value is -2.21. The molecular formula is C13H7BrN2O3. The number of fused-ring (bicyclic) bond motifs is 3. The lowest BCUT2D eigenvalue weighted by Gasteiger charge is -2.02. The van der Waals surface area contributed by atoms with Gasteiger partial charge in [-0.05, 0) is 33.1 Å². The molecule has 94 valence electrons. The van der Waals surface area contributed by atoms with E-state index in [0.717, 1.165) is 16.7 Å². The van der Waals surface area contributed by atoms with Crippen molar-refractivity contribution in [3.63, 3.8) is 0 Å². The lowest BCUT2D eigenvalue weighted by molar-refractivity contribution is -0.385. The molecule has 0 fully saturated rings. The van der Waals surface area contributed by atoms with E-state index in [4.69, 9.17) is 5.21 Å². The Bertz CT molecular complexity index is 741. The molecule has 1 aliphatic rings. The minimum atomic E-state index is -0.470. The third-order valence-electron chi connectivity index (χ3n) is 3.11. The number of nitro groups is 1. The second kappa shape index (κ2) is 4.17. The summed E-state index contributed by atoms with van der Waals surface area (Å²) in [5.41, 5.74) is 3.38. The molecule has 6 heteroatoms. The van der Waals surface area contributed by atoms with Gasteiger partial charge in [0.25, 0.3) is 5.69 Å². The highest BCUT2D eigenvalue weighted by molar-refractivity contribution is 9.10. The van der Waals surface area contributed by atoms with E-state index in [-0.39, 0.29) is 5.69 Å². The maximum Gasteiger partial charge on any atom is 0.284 e. The Balaban J connectivity index is 2.36. The van der Waals surface area contributed by atoms with Gasteiger partial charge in [0.1, 0.15) is 5.71 Å². The summed E-state index contributed by atoms with van der Waals surface area (Å²) in [5, 5.41) is 23.4. The van der Waals surface area contributed by atoms with Gasteiger partial charge in [0, 0.05) is 17.2 Å². The highest BCUT2D eigenvalue weighted by Gasteiger charge is 2.28. The molecule has 0 saturated carbocycles. The van der Waals surface area contributed by atoms with Crippen LogP contribution in [0.1, 0.15) is 11.1 Å². The van der Waals surface area contributed by atoms with Crippen LogP contribution in [-0.4, -0.2) is 15.8 Å². The summed E-state index contributed by atoms with van der Waals surface area (Å²) >= 11 is 3.20. The first kappa shape index (κ1) is 11.9. The number of hydrogen-bond donors (Lipinski definition) is 1. The van der Waals surface area contributed by atoms with Crippen molar-refractivity contribution in [1.82, 2.24) is 0 Å². The van der Waals surface area contributed by atoms with Crippen molar-refractivity contribution in [1.29, 1.82) is 0 Å². The molecule has 0 amide bonds. The van der Waals surface area contributed by atoms with Crippen LogP contribution in [0.3, 0.4) is 0 Å². The summed E-state index contributed by atoms with van der Waals surface area (Å²) in [6.07, 6.45) is 0. The van der Waals surface area contributed by atoms with Gasteiger partial charge in [-0.15, -0.1) is 0 Å². The zero-order valence-corrected chi connectivity index (χ0v) is 11.1. The van der Waals surface area contributed by atoms with Crippen LogP contribution in [0.4, 0.5) is 5.69 Å². The van der Waals surface area contributed by atoms with Crippen molar-refractivity contribution in [3.05, 3.63) is 62.1 Å². The van der Waals surface area contributed by atoms with Crippen molar-refractivity contribution in [2.24, 2.45) is 5.16 Å². The molecule has 0 aromatic heterocycles. The molecule has 0 bridgehead atoms. The number of oxime groups is 1. The van der Waals surface area contributed by atoms with Crippen LogP contribution in [0, 0.1) is 10.1 Å². The summed E-state index contributed by atoms with van der Waals surface area (Å²) in [7, 11) is 0. The number of halogens is 1. The van der Waals surface area contributed by atoms with Gasteiger partial charge in [0.2, 0.25) is 0 Å². The van der Waals surface area contributed by atoms with Crippen molar-refractivity contribution in [2.75, 3.05) is 0 Å². The Morgan fingerprint density at radius 2 is 1.79 bits per heavy atom. The molecule has 0 radical (unpaired) electrons. The topological polar surface area (TPSA) is 75.7 Å². The molecule has 0 unspecified atom stereocenters. The third kappa shape index (κ3) is 1.64. The first-order valence-electron chi connectivity index (χ1n) is 5.43. The van der Waals surface area contributed by atoms with E-state index in [9.17, 15) is 10.1 Å². The lowest BCUT2D eigenvalue weighted by Crippen LogP contribution is -1.99. The Morgan fingerprint density at radius 1 is 1.11 bits per heavy atom. The average molecular weight is 319 g/mol. The normalized spacial score (nSPS) is 14.3. The number of nitro benzene ring substituents is 1. The van der Waals surface area contributed by atoms with Crippen LogP contribution in [0.15, 0.2) is 46.0 Å². The Labute approximate surface area is 116 Å². The first-order chi connectivity index (χ1) is 9.13. The molecule has 19 heavy (non-hydrogen) atoms. The van der Waals surface area contributed by atoms with Crippen LogP contribution < -0.4 is 0 Å². The molecule has 0 atom stereocenters. The van der Waals surface area contributed by atoms with Gasteiger partial charge in [0.05, 0.1) is 9.40 Å². The second-order valence-corrected chi connectivity index (χ2v) is 4.95. The molecule has 2 aromatic carbocycles. The molecule has 1 aliphatic carbocycles. The number of rotatable bonds is 1. The number of benzene rings is 2. The fourth-order valence-electron chi connectivity index (χ4n) is 2.30. The molecule has 0 saturated heterocycles. The third-order valence-corrected chi connectivity index (χ3v) is 3.75. The molecule has 1 N–H and O–H groups in total. The summed E-state index contributed by atoms with van der Waals surface area (Å²) in [4.78, 5) is 10.5. The fourth-order valence-corrected chi connectivity index (χ4v) is 2.79. The molecule has 0 spiro atoms. The maximum absolute atomic E-state index is 11.0. The van der Waals surface area contributed by atoms with E-state index < -0.39 is 4.92 Å². The minimum Gasteiger partial charge on any atom is -0.410 e. The molecule has 5 nitrogen and oxygen atoms in total. The Morgan fingerprint density at radius 3 is 2.42 bits per heavy atom. The van der Waals surface area contributed by atoms with Crippen molar-refractivity contribution in [2.45, 2.75) is 0 Å². The van der Waals surface area contributed by atoms with Gasteiger partial charge in [0.15, 0.2) is 0 Å². The highest BCUT2D eigenvalue weighted by Crippen LogP contribution is 2.41. The van der Waals surface area contributed by atoms with E-state index >= 15 is 0 Å². The largest absolute Gasteiger partial charge is 0.410 e. The SMILES string of the molecule is O=[N+]([O-])c1cc2c(cc1Br)-c1ccccc1/C2=N\O. The lowest BCUT2D eigenvalue weighted by atomic mass is 10.1. The van der Waals surface area contributed by atoms with Crippen LogP contribution in [0.5, 0.6) is 0 Å². The van der Waals surface area contributed by atoms with Gasteiger partial charge in [-0.2, -0.15) is 0 Å². The molecule has 3 rings (SSSR count). The highest BCUT2D eigenvalue weighted by atomic mass is 79.9. The standard InChI is InChI=1S/C13H7BrN2O3/c14-11-5-9-7-3-1-2-4-8(7)13(15-17)10(9)6-12(11)16(18)19/h1-6,17H/b15-13+. The van der Waals surface area contributed by atoms with Gasteiger partial charge < -0.3 is 5.21 Å². The van der Waals surface area contributed by atoms with Crippen molar-refractivity contribution < 1.29 is 10.1 Å². The second-order valence-electron chi connectivity index (χ2n) is 4.10. The van der Waals surface area contributed by atoms with E-state index in [2.05, 4.69) is 21.1 Å².